The molecule has 3 aromatic carbocycles. The van der Waals surface area contributed by atoms with E-state index in [1.165, 1.54) is 10.4 Å². The van der Waals surface area contributed by atoms with E-state index in [1.54, 1.807) is 0 Å². The molecule has 4 aromatic rings. The van der Waals surface area contributed by atoms with Crippen molar-refractivity contribution in [3.8, 4) is 0 Å². The lowest BCUT2D eigenvalue weighted by molar-refractivity contribution is -0.128. The normalized spacial score (nSPS) is 21.1. The number of benzene rings is 3. The number of nitrogens with zero attached hydrogens (tertiary/aromatic N) is 2. The Morgan fingerprint density at radius 2 is 1.53 bits per heavy atom. The summed E-state index contributed by atoms with van der Waals surface area (Å²) < 4.78 is 9.80. The molecule has 0 bridgehead atoms. The molecule has 1 heterocycles. The average molecular weight is 497 g/mol. The zero-order valence-corrected chi connectivity index (χ0v) is 22.8. The van der Waals surface area contributed by atoms with Crippen molar-refractivity contribution >= 4 is 35.5 Å². The Morgan fingerprint density at radius 1 is 0.944 bits per heavy atom. The van der Waals surface area contributed by atoms with Gasteiger partial charge in [-0.15, -0.1) is 0 Å². The summed E-state index contributed by atoms with van der Waals surface area (Å²) in [7, 11) is -2.74. The van der Waals surface area contributed by atoms with Gasteiger partial charge in [0.25, 0.3) is 8.32 Å². The Morgan fingerprint density at radius 3 is 2.14 bits per heavy atom. The largest absolute Gasteiger partial charge is 0.404 e. The van der Waals surface area contributed by atoms with Crippen LogP contribution in [0.15, 0.2) is 91.3 Å². The molecular weight excluding hydrogens is 460 g/mol. The summed E-state index contributed by atoms with van der Waals surface area (Å²) in [5, 5.41) is 2.44. The van der Waals surface area contributed by atoms with Crippen LogP contribution >= 0.6 is 0 Å². The van der Waals surface area contributed by atoms with Gasteiger partial charge in [-0.1, -0.05) is 100 Å². The van der Waals surface area contributed by atoms with Crippen LogP contribution in [0.5, 0.6) is 0 Å². The number of rotatable bonds is 6. The van der Waals surface area contributed by atoms with Gasteiger partial charge in [0.1, 0.15) is 5.78 Å². The quantitative estimate of drug-likeness (QED) is 0.320. The third kappa shape index (κ3) is 4.35. The number of ketones is 1. The van der Waals surface area contributed by atoms with E-state index in [2.05, 4.69) is 104 Å². The molecule has 0 spiro atoms. The van der Waals surface area contributed by atoms with Crippen LogP contribution in [0.1, 0.15) is 47.0 Å². The van der Waals surface area contributed by atoms with E-state index in [4.69, 9.17) is 4.43 Å². The lowest BCUT2D eigenvalue weighted by atomic mass is 9.72. The SMILES string of the molecule is CC(C)(C)[Si](O[C@@H]1CCC(=O)C[C@@]1(C)Cn1cnc2ccccc21)(c1ccccc1)c1ccccc1. The first-order valence-electron chi connectivity index (χ1n) is 12.9. The van der Waals surface area contributed by atoms with E-state index in [9.17, 15) is 4.79 Å². The van der Waals surface area contributed by atoms with Crippen molar-refractivity contribution in [2.24, 2.45) is 5.41 Å². The molecule has 0 radical (unpaired) electrons. The van der Waals surface area contributed by atoms with E-state index in [1.807, 2.05) is 24.5 Å². The summed E-state index contributed by atoms with van der Waals surface area (Å²) in [6, 6.07) is 29.8. The van der Waals surface area contributed by atoms with Gasteiger partial charge in [0.2, 0.25) is 0 Å². The average Bonchev–Trinajstić information content (AvgIpc) is 3.26. The molecule has 1 aliphatic carbocycles. The molecule has 2 atom stereocenters. The fraction of sp³-hybridized carbons (Fsp3) is 0.355. The predicted molar refractivity (Wildman–Crippen MR) is 149 cm³/mol. The highest BCUT2D eigenvalue weighted by molar-refractivity contribution is 6.99. The Balaban J connectivity index is 1.62. The third-order valence-electron chi connectivity index (χ3n) is 7.86. The molecule has 5 heteroatoms. The molecule has 186 valence electrons. The van der Waals surface area contributed by atoms with Crippen LogP contribution in [0.3, 0.4) is 0 Å². The highest BCUT2D eigenvalue weighted by Gasteiger charge is 2.54. The first-order chi connectivity index (χ1) is 17.2. The predicted octanol–water partition coefficient (Wildman–Crippen LogP) is 5.74. The van der Waals surface area contributed by atoms with Crippen molar-refractivity contribution in [1.82, 2.24) is 9.55 Å². The number of carbonyl (C=O) groups is 1. The zero-order chi connectivity index (χ0) is 25.4. The number of aromatic nitrogens is 2. The molecule has 0 N–H and O–H groups in total. The van der Waals surface area contributed by atoms with E-state index in [0.717, 1.165) is 17.5 Å². The molecule has 1 saturated carbocycles. The van der Waals surface area contributed by atoms with Crippen LogP contribution in [-0.4, -0.2) is 29.8 Å². The number of imidazole rings is 1. The maximum Gasteiger partial charge on any atom is 0.261 e. The van der Waals surface area contributed by atoms with Gasteiger partial charge in [0, 0.05) is 24.8 Å². The summed E-state index contributed by atoms with van der Waals surface area (Å²) >= 11 is 0. The van der Waals surface area contributed by atoms with Gasteiger partial charge in [-0.2, -0.15) is 0 Å². The molecule has 5 rings (SSSR count). The van der Waals surface area contributed by atoms with Crippen LogP contribution < -0.4 is 10.4 Å². The lowest BCUT2D eigenvalue weighted by Gasteiger charge is -2.50. The van der Waals surface area contributed by atoms with Gasteiger partial charge >= 0.3 is 0 Å². The first-order valence-corrected chi connectivity index (χ1v) is 14.8. The fourth-order valence-electron chi connectivity index (χ4n) is 6.08. The number of hydrogen-bond donors (Lipinski definition) is 0. The monoisotopic (exact) mass is 496 g/mol. The molecule has 1 fully saturated rings. The Hall–Kier alpha value is -3.02. The molecule has 0 amide bonds. The molecule has 0 aliphatic heterocycles. The van der Waals surface area contributed by atoms with Crippen molar-refractivity contribution < 1.29 is 9.22 Å². The van der Waals surface area contributed by atoms with Crippen molar-refractivity contribution in [2.75, 3.05) is 0 Å². The first kappa shape index (κ1) is 24.7. The van der Waals surface area contributed by atoms with E-state index in [-0.39, 0.29) is 16.6 Å². The molecule has 0 unspecified atom stereocenters. The Bertz CT molecular complexity index is 1300. The summed E-state index contributed by atoms with van der Waals surface area (Å²) in [6.07, 6.45) is 3.69. The fourth-order valence-corrected chi connectivity index (χ4v) is 10.9. The van der Waals surface area contributed by atoms with Crippen molar-refractivity contribution in [2.45, 2.75) is 64.6 Å². The minimum absolute atomic E-state index is 0.0531. The zero-order valence-electron chi connectivity index (χ0n) is 21.8. The lowest BCUT2D eigenvalue weighted by Crippen LogP contribution is -2.69. The minimum Gasteiger partial charge on any atom is -0.404 e. The third-order valence-corrected chi connectivity index (χ3v) is 12.9. The second-order valence-electron chi connectivity index (χ2n) is 11.5. The molecule has 1 aliphatic rings. The molecule has 36 heavy (non-hydrogen) atoms. The molecule has 0 saturated heterocycles. The Kier molecular flexibility index (Phi) is 6.47. The maximum absolute atomic E-state index is 12.8. The highest BCUT2D eigenvalue weighted by Crippen LogP contribution is 2.44. The van der Waals surface area contributed by atoms with Crippen LogP contribution in [0.2, 0.25) is 5.04 Å². The van der Waals surface area contributed by atoms with Crippen molar-refractivity contribution in [1.29, 1.82) is 0 Å². The van der Waals surface area contributed by atoms with Gasteiger partial charge in [0.15, 0.2) is 0 Å². The van der Waals surface area contributed by atoms with Gasteiger partial charge in [0.05, 0.1) is 23.5 Å². The van der Waals surface area contributed by atoms with Crippen LogP contribution in [0, 0.1) is 5.41 Å². The van der Waals surface area contributed by atoms with E-state index < -0.39 is 8.32 Å². The van der Waals surface area contributed by atoms with Crippen LogP contribution in [0.25, 0.3) is 11.0 Å². The smallest absolute Gasteiger partial charge is 0.261 e. The van der Waals surface area contributed by atoms with Crippen LogP contribution in [-0.2, 0) is 15.8 Å². The van der Waals surface area contributed by atoms with Gasteiger partial charge in [-0.05, 0) is 34.0 Å². The highest BCUT2D eigenvalue weighted by atomic mass is 28.4. The van der Waals surface area contributed by atoms with Crippen molar-refractivity contribution in [3.63, 3.8) is 0 Å². The maximum atomic E-state index is 12.8. The molecule has 4 nitrogen and oxygen atoms in total. The van der Waals surface area contributed by atoms with Crippen LogP contribution in [0.4, 0.5) is 0 Å². The summed E-state index contributed by atoms with van der Waals surface area (Å²) in [4.78, 5) is 17.5. The summed E-state index contributed by atoms with van der Waals surface area (Å²) in [5.74, 6) is 0.323. The topological polar surface area (TPSA) is 44.1 Å². The van der Waals surface area contributed by atoms with E-state index in [0.29, 0.717) is 25.2 Å². The number of hydrogen-bond acceptors (Lipinski definition) is 3. The Labute approximate surface area is 215 Å². The number of para-hydroxylation sites is 2. The van der Waals surface area contributed by atoms with E-state index >= 15 is 0 Å². The second kappa shape index (κ2) is 9.45. The van der Waals surface area contributed by atoms with Crippen molar-refractivity contribution in [3.05, 3.63) is 91.3 Å². The van der Waals surface area contributed by atoms with Gasteiger partial charge < -0.3 is 8.99 Å². The summed E-state index contributed by atoms with van der Waals surface area (Å²) in [6.45, 7) is 9.87. The number of Topliss-reactive ketones (excluding diaryl/α,β-unsaturated/α-hetero) is 1. The number of carbonyl (C=O) groups excluding carboxylic acids is 1. The van der Waals surface area contributed by atoms with Gasteiger partial charge in [-0.3, -0.25) is 4.79 Å². The molecule has 1 aromatic heterocycles. The second-order valence-corrected chi connectivity index (χ2v) is 15.8. The molecular formula is C31H36N2O2Si. The number of fused-ring (bicyclic) bond motifs is 1. The van der Waals surface area contributed by atoms with Gasteiger partial charge in [-0.25, -0.2) is 4.98 Å². The minimum atomic E-state index is -2.74. The summed E-state index contributed by atoms with van der Waals surface area (Å²) in [5.41, 5.74) is 1.74. The standard InChI is InChI=1S/C31H36N2O2Si/c1-30(2,3)36(25-13-7-5-8-14-25,26-15-9-6-10-16-26)35-29-20-19-24(34)21-31(29,4)22-33-23-32-27-17-11-12-18-28(27)33/h5-18,23,29H,19-22H2,1-4H3/t29-,31+/m1/s1.